The molecule has 3 aliphatic carbocycles. The number of hydrogen-bond donors (Lipinski definition) is 0. The average molecular weight is 625 g/mol. The molecule has 0 heterocycles. The Morgan fingerprint density at radius 1 is 0.543 bits per heavy atom. The molecule has 2 atom stereocenters. The zero-order valence-corrected chi connectivity index (χ0v) is 28.9. The number of carbonyl (C=O) groups excluding carboxylic acids is 2. The van der Waals surface area contributed by atoms with E-state index in [1.807, 2.05) is 106 Å². The van der Waals surface area contributed by atoms with Gasteiger partial charge in [0.05, 0.1) is 35.6 Å². The highest BCUT2D eigenvalue weighted by molar-refractivity contribution is 6.31. The Morgan fingerprint density at radius 2 is 0.913 bits per heavy atom. The summed E-state index contributed by atoms with van der Waals surface area (Å²) < 4.78 is 25.4. The van der Waals surface area contributed by atoms with Crippen molar-refractivity contribution in [3.05, 3.63) is 106 Å². The fourth-order valence-electron chi connectivity index (χ4n) is 6.82. The largest absolute Gasteiger partial charge is 0.495 e. The first-order valence-corrected chi connectivity index (χ1v) is 16.5. The Balaban J connectivity index is 1.76. The summed E-state index contributed by atoms with van der Waals surface area (Å²) in [6.45, 7) is 20.1. The van der Waals surface area contributed by atoms with Crippen LogP contribution in [-0.2, 0) is 18.9 Å². The molecule has 0 saturated carbocycles. The van der Waals surface area contributed by atoms with Gasteiger partial charge >= 0.3 is 0 Å². The Hall–Kier alpha value is -3.74. The SMILES string of the molecule is CC(C)OC1=C(c2ccc(C3=C(OC(C)C)CC(C)(OC(C)C)C=C3)c3c2C(=O)c2ccccc2C3=O)C=CC(C)(OC(C)C)C1. The standard InChI is InChI=1S/C40H48O6/c1-23(2)43-33-21-39(9,45-25(5)6)19-17-27(33)29-15-16-30(36-35(29)37(41)31-13-11-12-14-32(31)38(36)42)28-18-20-40(10,46-26(7)8)22-34(28)44-24(3)4/h11-20,23-26H,21-22H2,1-10H3. The molecule has 2 unspecified atom stereocenters. The number of allylic oxidation sites excluding steroid dienone is 4. The Bertz CT molecular complexity index is 1540. The summed E-state index contributed by atoms with van der Waals surface area (Å²) in [5, 5.41) is 0. The average Bonchev–Trinajstić information content (AvgIpc) is 2.94. The van der Waals surface area contributed by atoms with E-state index >= 15 is 0 Å². The first kappa shape index (κ1) is 33.6. The molecule has 0 amide bonds. The third kappa shape index (κ3) is 6.70. The molecule has 3 aliphatic rings. The van der Waals surface area contributed by atoms with Gasteiger partial charge in [-0.25, -0.2) is 0 Å². The van der Waals surface area contributed by atoms with E-state index in [1.54, 1.807) is 24.3 Å². The van der Waals surface area contributed by atoms with Crippen LogP contribution in [0, 0.1) is 0 Å². The van der Waals surface area contributed by atoms with Gasteiger partial charge in [-0.1, -0.05) is 60.7 Å². The third-order valence-corrected chi connectivity index (χ3v) is 8.25. The van der Waals surface area contributed by atoms with Crippen LogP contribution in [0.25, 0.3) is 11.1 Å². The molecule has 0 radical (unpaired) electrons. The van der Waals surface area contributed by atoms with Crippen LogP contribution in [0.2, 0.25) is 0 Å². The fraction of sp³-hybridized carbons (Fsp3) is 0.450. The monoisotopic (exact) mass is 624 g/mol. The van der Waals surface area contributed by atoms with E-state index in [2.05, 4.69) is 0 Å². The molecule has 2 aromatic rings. The molecule has 244 valence electrons. The molecule has 6 nitrogen and oxygen atoms in total. The summed E-state index contributed by atoms with van der Waals surface area (Å²) in [5.74, 6) is 1.10. The van der Waals surface area contributed by atoms with Crippen LogP contribution in [0.3, 0.4) is 0 Å². The molecule has 0 aliphatic heterocycles. The quantitative estimate of drug-likeness (QED) is 0.224. The summed E-state index contributed by atoms with van der Waals surface area (Å²) in [6.07, 6.45) is 8.89. The van der Waals surface area contributed by atoms with Gasteiger partial charge in [0.2, 0.25) is 0 Å². The minimum Gasteiger partial charge on any atom is -0.495 e. The number of rotatable bonds is 10. The van der Waals surface area contributed by atoms with Crippen LogP contribution in [0.4, 0.5) is 0 Å². The molecule has 0 N–H and O–H groups in total. The molecule has 0 bridgehead atoms. The van der Waals surface area contributed by atoms with Gasteiger partial charge in [-0.15, -0.1) is 0 Å². The molecule has 2 aromatic carbocycles. The smallest absolute Gasteiger partial charge is 0.195 e. The number of carbonyl (C=O) groups is 2. The van der Waals surface area contributed by atoms with E-state index in [1.165, 1.54) is 0 Å². The lowest BCUT2D eigenvalue weighted by Gasteiger charge is -2.35. The van der Waals surface area contributed by atoms with Crippen molar-refractivity contribution in [2.24, 2.45) is 0 Å². The van der Waals surface area contributed by atoms with Crippen LogP contribution < -0.4 is 0 Å². The van der Waals surface area contributed by atoms with E-state index < -0.39 is 11.2 Å². The summed E-state index contributed by atoms with van der Waals surface area (Å²) in [5.41, 5.74) is 3.35. The van der Waals surface area contributed by atoms with Gasteiger partial charge in [0, 0.05) is 46.2 Å². The highest BCUT2D eigenvalue weighted by Gasteiger charge is 2.39. The molecule has 0 aromatic heterocycles. The second kappa shape index (κ2) is 12.8. The maximum Gasteiger partial charge on any atom is 0.195 e. The normalized spacial score (nSPS) is 22.8. The predicted octanol–water partition coefficient (Wildman–Crippen LogP) is 9.02. The predicted molar refractivity (Wildman–Crippen MR) is 183 cm³/mol. The van der Waals surface area contributed by atoms with Crippen molar-refractivity contribution < 1.29 is 28.5 Å². The van der Waals surface area contributed by atoms with Gasteiger partial charge in [-0.05, 0) is 80.4 Å². The summed E-state index contributed by atoms with van der Waals surface area (Å²) in [4.78, 5) is 29.0. The van der Waals surface area contributed by atoms with E-state index in [-0.39, 0.29) is 36.0 Å². The van der Waals surface area contributed by atoms with Gasteiger partial charge in [0.15, 0.2) is 11.6 Å². The van der Waals surface area contributed by atoms with Gasteiger partial charge in [-0.3, -0.25) is 9.59 Å². The molecular formula is C40H48O6. The van der Waals surface area contributed by atoms with Crippen molar-refractivity contribution in [3.8, 4) is 0 Å². The number of fused-ring (bicyclic) bond motifs is 2. The molecule has 0 fully saturated rings. The highest BCUT2D eigenvalue weighted by atomic mass is 16.5. The second-order valence-electron chi connectivity index (χ2n) is 14.1. The minimum atomic E-state index is -0.570. The number of ketones is 2. The summed E-state index contributed by atoms with van der Waals surface area (Å²) in [6, 6.07) is 11.0. The second-order valence-corrected chi connectivity index (χ2v) is 14.1. The van der Waals surface area contributed by atoms with Crippen molar-refractivity contribution in [3.63, 3.8) is 0 Å². The molecule has 0 spiro atoms. The van der Waals surface area contributed by atoms with Crippen molar-refractivity contribution in [1.29, 1.82) is 0 Å². The van der Waals surface area contributed by atoms with Crippen LogP contribution in [0.15, 0.2) is 72.2 Å². The van der Waals surface area contributed by atoms with Gasteiger partial charge < -0.3 is 18.9 Å². The van der Waals surface area contributed by atoms with Gasteiger partial charge in [-0.2, -0.15) is 0 Å². The van der Waals surface area contributed by atoms with E-state index in [0.717, 1.165) is 22.7 Å². The Labute approximate surface area is 274 Å². The molecule has 46 heavy (non-hydrogen) atoms. The van der Waals surface area contributed by atoms with Crippen LogP contribution >= 0.6 is 0 Å². The van der Waals surface area contributed by atoms with Gasteiger partial charge in [0.1, 0.15) is 11.5 Å². The lowest BCUT2D eigenvalue weighted by molar-refractivity contribution is -0.0457. The number of hydrogen-bond acceptors (Lipinski definition) is 6. The van der Waals surface area contributed by atoms with Crippen LogP contribution in [0.1, 0.15) is 125 Å². The first-order valence-electron chi connectivity index (χ1n) is 16.5. The third-order valence-electron chi connectivity index (χ3n) is 8.25. The molecule has 0 saturated heterocycles. The van der Waals surface area contributed by atoms with Crippen LogP contribution in [-0.4, -0.2) is 47.2 Å². The lowest BCUT2D eigenvalue weighted by Crippen LogP contribution is -2.33. The molecule has 5 rings (SSSR count). The van der Waals surface area contributed by atoms with E-state index in [0.29, 0.717) is 46.2 Å². The molecular weight excluding hydrogens is 576 g/mol. The maximum atomic E-state index is 14.5. The van der Waals surface area contributed by atoms with Crippen molar-refractivity contribution in [2.45, 2.75) is 118 Å². The van der Waals surface area contributed by atoms with Crippen LogP contribution in [0.5, 0.6) is 0 Å². The lowest BCUT2D eigenvalue weighted by atomic mass is 9.75. The topological polar surface area (TPSA) is 71.1 Å². The van der Waals surface area contributed by atoms with E-state index in [4.69, 9.17) is 18.9 Å². The first-order chi connectivity index (χ1) is 21.6. The molecule has 6 heteroatoms. The number of benzene rings is 2. The Kier molecular flexibility index (Phi) is 9.36. The zero-order chi connectivity index (χ0) is 33.6. The summed E-state index contributed by atoms with van der Waals surface area (Å²) in [7, 11) is 0. The summed E-state index contributed by atoms with van der Waals surface area (Å²) >= 11 is 0. The number of ether oxygens (including phenoxy) is 4. The Morgan fingerprint density at radius 3 is 1.24 bits per heavy atom. The zero-order valence-electron chi connectivity index (χ0n) is 28.9. The maximum absolute atomic E-state index is 14.5. The van der Waals surface area contributed by atoms with Crippen molar-refractivity contribution in [1.82, 2.24) is 0 Å². The highest BCUT2D eigenvalue weighted by Crippen LogP contribution is 2.44. The van der Waals surface area contributed by atoms with Crippen molar-refractivity contribution in [2.75, 3.05) is 0 Å². The van der Waals surface area contributed by atoms with E-state index in [9.17, 15) is 9.59 Å². The van der Waals surface area contributed by atoms with Gasteiger partial charge in [0.25, 0.3) is 0 Å². The minimum absolute atomic E-state index is 0.0196. The van der Waals surface area contributed by atoms with Crippen molar-refractivity contribution >= 4 is 22.7 Å². The fourth-order valence-corrected chi connectivity index (χ4v) is 6.82.